The van der Waals surface area contributed by atoms with Gasteiger partial charge in [-0.25, -0.2) is 4.79 Å². The summed E-state index contributed by atoms with van der Waals surface area (Å²) in [5.41, 5.74) is 0.409. The number of urea groups is 1. The SMILES string of the molecule is CNC(=O)NC(=O)[C@H](OC(=O)CSCC(=O)Nc1cc(C)on1)c1ccccc1. The molecule has 0 saturated carbocycles. The molecule has 0 unspecified atom stereocenters. The maximum absolute atomic E-state index is 12.3. The smallest absolute Gasteiger partial charge is 0.321 e. The lowest BCUT2D eigenvalue weighted by molar-refractivity contribution is -0.153. The van der Waals surface area contributed by atoms with Gasteiger partial charge in [-0.15, -0.1) is 11.8 Å². The first-order chi connectivity index (χ1) is 13.9. The van der Waals surface area contributed by atoms with E-state index in [0.29, 0.717) is 11.3 Å². The highest BCUT2D eigenvalue weighted by molar-refractivity contribution is 8.00. The van der Waals surface area contributed by atoms with Crippen molar-refractivity contribution in [2.24, 2.45) is 0 Å². The van der Waals surface area contributed by atoms with E-state index >= 15 is 0 Å². The summed E-state index contributed by atoms with van der Waals surface area (Å²) in [5, 5.41) is 10.5. The average molecular weight is 420 g/mol. The van der Waals surface area contributed by atoms with Crippen molar-refractivity contribution in [1.82, 2.24) is 15.8 Å². The largest absolute Gasteiger partial charge is 0.447 e. The third-order valence-electron chi connectivity index (χ3n) is 3.40. The Hall–Kier alpha value is -3.34. The fraction of sp³-hybridized carbons (Fsp3) is 0.278. The highest BCUT2D eigenvalue weighted by atomic mass is 32.2. The molecule has 1 aromatic heterocycles. The second kappa shape index (κ2) is 10.9. The molecule has 0 bridgehead atoms. The van der Waals surface area contributed by atoms with Crippen LogP contribution in [0.3, 0.4) is 0 Å². The van der Waals surface area contributed by atoms with Crippen molar-refractivity contribution in [3.05, 3.63) is 47.7 Å². The second-order valence-electron chi connectivity index (χ2n) is 5.71. The Balaban J connectivity index is 1.87. The number of anilines is 1. The van der Waals surface area contributed by atoms with Gasteiger partial charge in [0.05, 0.1) is 11.5 Å². The summed E-state index contributed by atoms with van der Waals surface area (Å²) >= 11 is 1.01. The van der Waals surface area contributed by atoms with Crippen LogP contribution in [0.1, 0.15) is 17.4 Å². The maximum Gasteiger partial charge on any atom is 0.321 e. The highest BCUT2D eigenvalue weighted by Gasteiger charge is 2.26. The molecule has 1 aromatic carbocycles. The number of imide groups is 1. The van der Waals surface area contributed by atoms with E-state index in [1.165, 1.54) is 7.05 Å². The van der Waals surface area contributed by atoms with E-state index < -0.39 is 24.0 Å². The predicted octanol–water partition coefficient (Wildman–Crippen LogP) is 1.39. The Morgan fingerprint density at radius 2 is 1.90 bits per heavy atom. The first-order valence-corrected chi connectivity index (χ1v) is 9.62. The number of carbonyl (C=O) groups excluding carboxylic acids is 4. The highest BCUT2D eigenvalue weighted by Crippen LogP contribution is 2.19. The van der Waals surface area contributed by atoms with Gasteiger partial charge in [0.15, 0.2) is 5.82 Å². The fourth-order valence-corrected chi connectivity index (χ4v) is 2.73. The first-order valence-electron chi connectivity index (χ1n) is 8.47. The van der Waals surface area contributed by atoms with Gasteiger partial charge >= 0.3 is 12.0 Å². The number of aryl methyl sites for hydroxylation is 1. The number of amides is 4. The number of benzene rings is 1. The molecule has 1 heterocycles. The van der Waals surface area contributed by atoms with Crippen molar-refractivity contribution in [3.8, 4) is 0 Å². The molecule has 1 atom stereocenters. The predicted molar refractivity (Wildman–Crippen MR) is 105 cm³/mol. The van der Waals surface area contributed by atoms with Gasteiger partial charge in [0.25, 0.3) is 5.91 Å². The van der Waals surface area contributed by atoms with E-state index in [-0.39, 0.29) is 23.2 Å². The summed E-state index contributed by atoms with van der Waals surface area (Å²) in [6, 6.07) is 9.13. The number of nitrogens with one attached hydrogen (secondary N) is 3. The first kappa shape index (κ1) is 22.0. The van der Waals surface area contributed by atoms with Crippen molar-refractivity contribution >= 4 is 41.4 Å². The van der Waals surface area contributed by atoms with E-state index in [1.54, 1.807) is 43.3 Å². The lowest BCUT2D eigenvalue weighted by atomic mass is 10.1. The van der Waals surface area contributed by atoms with Crippen LogP contribution in [0.5, 0.6) is 0 Å². The number of hydrogen-bond donors (Lipinski definition) is 3. The molecule has 0 spiro atoms. The van der Waals surface area contributed by atoms with E-state index in [1.807, 2.05) is 0 Å². The van der Waals surface area contributed by atoms with Gasteiger partial charge in [0.1, 0.15) is 5.76 Å². The number of ether oxygens (including phenoxy) is 1. The topological polar surface area (TPSA) is 140 Å². The number of rotatable bonds is 8. The number of hydrogen-bond acceptors (Lipinski definition) is 8. The van der Waals surface area contributed by atoms with Gasteiger partial charge in [-0.05, 0) is 6.92 Å². The maximum atomic E-state index is 12.3. The standard InChI is InChI=1S/C18H20N4O6S/c1-11-8-13(22-28-11)20-14(23)9-29-10-15(24)27-16(12-6-4-3-5-7-12)17(25)21-18(26)19-2/h3-8,16H,9-10H2,1-2H3,(H,20,22,23)(H2,19,21,25,26)/t16-/m1/s1. The van der Waals surface area contributed by atoms with Crippen molar-refractivity contribution in [3.63, 3.8) is 0 Å². The zero-order chi connectivity index (χ0) is 21.2. The lowest BCUT2D eigenvalue weighted by Gasteiger charge is -2.17. The Labute approximate surface area is 170 Å². The van der Waals surface area contributed by atoms with Crippen LogP contribution in [0.4, 0.5) is 10.6 Å². The van der Waals surface area contributed by atoms with Gasteiger partial charge in [-0.2, -0.15) is 0 Å². The van der Waals surface area contributed by atoms with Gasteiger partial charge in [0, 0.05) is 18.7 Å². The Morgan fingerprint density at radius 1 is 1.17 bits per heavy atom. The molecule has 0 aliphatic carbocycles. The minimum atomic E-state index is -1.30. The molecule has 0 aliphatic rings. The minimum absolute atomic E-state index is 0.0263. The van der Waals surface area contributed by atoms with Crippen LogP contribution in [-0.4, -0.2) is 47.5 Å². The molecule has 0 fully saturated rings. The second-order valence-corrected chi connectivity index (χ2v) is 6.70. The summed E-state index contributed by atoms with van der Waals surface area (Å²) in [5.74, 6) is -1.21. The zero-order valence-electron chi connectivity index (χ0n) is 15.8. The molecule has 4 amide bonds. The molecule has 2 aromatic rings. The van der Waals surface area contributed by atoms with Crippen molar-refractivity contribution in [2.75, 3.05) is 23.9 Å². The summed E-state index contributed by atoms with van der Waals surface area (Å²) in [6.07, 6.45) is -1.30. The van der Waals surface area contributed by atoms with Crippen LogP contribution >= 0.6 is 11.8 Å². The van der Waals surface area contributed by atoms with Crippen LogP contribution in [0.25, 0.3) is 0 Å². The fourth-order valence-electron chi connectivity index (χ4n) is 2.14. The number of aromatic nitrogens is 1. The van der Waals surface area contributed by atoms with Crippen LogP contribution in [0, 0.1) is 6.92 Å². The van der Waals surface area contributed by atoms with Crippen LogP contribution in [-0.2, 0) is 19.1 Å². The summed E-state index contributed by atoms with van der Waals surface area (Å²) in [7, 11) is 1.36. The van der Waals surface area contributed by atoms with Gasteiger partial charge in [-0.3, -0.25) is 19.7 Å². The molecule has 29 heavy (non-hydrogen) atoms. The average Bonchev–Trinajstić information content (AvgIpc) is 3.11. The quantitative estimate of drug-likeness (QED) is 0.545. The van der Waals surface area contributed by atoms with Crippen molar-refractivity contribution in [2.45, 2.75) is 13.0 Å². The number of nitrogens with zero attached hydrogens (tertiary/aromatic N) is 1. The third-order valence-corrected chi connectivity index (χ3v) is 4.31. The monoisotopic (exact) mass is 420 g/mol. The Bertz CT molecular complexity index is 870. The molecule has 0 radical (unpaired) electrons. The normalized spacial score (nSPS) is 11.2. The molecule has 2 rings (SSSR count). The molecule has 10 nitrogen and oxygen atoms in total. The molecule has 3 N–H and O–H groups in total. The molecule has 0 saturated heterocycles. The summed E-state index contributed by atoms with van der Waals surface area (Å²) in [6.45, 7) is 1.69. The van der Waals surface area contributed by atoms with Gasteiger partial charge < -0.3 is 19.9 Å². The summed E-state index contributed by atoms with van der Waals surface area (Å²) in [4.78, 5) is 47.7. The number of esters is 1. The lowest BCUT2D eigenvalue weighted by Crippen LogP contribution is -2.41. The van der Waals surface area contributed by atoms with Crippen LogP contribution in [0.15, 0.2) is 40.9 Å². The molecule has 11 heteroatoms. The van der Waals surface area contributed by atoms with E-state index in [9.17, 15) is 19.2 Å². The van der Waals surface area contributed by atoms with E-state index in [0.717, 1.165) is 11.8 Å². The molecular formula is C18H20N4O6S. The minimum Gasteiger partial charge on any atom is -0.447 e. The van der Waals surface area contributed by atoms with E-state index in [2.05, 4.69) is 21.1 Å². The van der Waals surface area contributed by atoms with Crippen molar-refractivity contribution < 1.29 is 28.4 Å². The van der Waals surface area contributed by atoms with Crippen LogP contribution < -0.4 is 16.0 Å². The Morgan fingerprint density at radius 3 is 2.52 bits per heavy atom. The molecular weight excluding hydrogens is 400 g/mol. The Kier molecular flexibility index (Phi) is 8.22. The van der Waals surface area contributed by atoms with Crippen LogP contribution in [0.2, 0.25) is 0 Å². The number of carbonyl (C=O) groups is 4. The molecule has 154 valence electrons. The van der Waals surface area contributed by atoms with Gasteiger partial charge in [0.2, 0.25) is 12.0 Å². The van der Waals surface area contributed by atoms with Crippen molar-refractivity contribution in [1.29, 1.82) is 0 Å². The van der Waals surface area contributed by atoms with E-state index in [4.69, 9.17) is 9.26 Å². The molecule has 0 aliphatic heterocycles. The number of thioether (sulfide) groups is 1. The summed E-state index contributed by atoms with van der Waals surface area (Å²) < 4.78 is 10.1. The third kappa shape index (κ3) is 7.30. The zero-order valence-corrected chi connectivity index (χ0v) is 16.6. The van der Waals surface area contributed by atoms with Gasteiger partial charge in [-0.1, -0.05) is 35.5 Å².